The number of piperidine rings is 1. The molecule has 5 nitrogen and oxygen atoms in total. The van der Waals surface area contributed by atoms with Crippen LogP contribution in [0.1, 0.15) is 19.3 Å². The summed E-state index contributed by atoms with van der Waals surface area (Å²) in [5, 5.41) is 9.54. The molecule has 3 N–H and O–H groups in total. The Morgan fingerprint density at radius 1 is 1.47 bits per heavy atom. The molecule has 5 heteroatoms. The highest BCUT2D eigenvalue weighted by atomic mass is 16.5. The molecule has 0 radical (unpaired) electrons. The molecule has 0 bridgehead atoms. The maximum atomic E-state index is 11.3. The van der Waals surface area contributed by atoms with Crippen LogP contribution in [0.15, 0.2) is 0 Å². The third-order valence-corrected chi connectivity index (χ3v) is 2.99. The van der Waals surface area contributed by atoms with Gasteiger partial charge in [-0.25, -0.2) is 0 Å². The Morgan fingerprint density at radius 3 is 3.06 bits per heavy atom. The van der Waals surface area contributed by atoms with Gasteiger partial charge in [0.2, 0.25) is 5.91 Å². The minimum Gasteiger partial charge on any atom is -0.383 e. The van der Waals surface area contributed by atoms with Gasteiger partial charge in [0, 0.05) is 26.6 Å². The van der Waals surface area contributed by atoms with Gasteiger partial charge in [-0.1, -0.05) is 0 Å². The van der Waals surface area contributed by atoms with Gasteiger partial charge < -0.3 is 20.7 Å². The van der Waals surface area contributed by atoms with Gasteiger partial charge in [0.15, 0.2) is 0 Å². The quantitative estimate of drug-likeness (QED) is 0.514. The van der Waals surface area contributed by atoms with E-state index in [9.17, 15) is 4.79 Å². The standard InChI is InChI=1S/C12H25N3O2/c1-17-8-7-15-12(16)4-6-14-10-11-3-2-5-13-9-11/h11,13-14H,2-10H2,1H3,(H,15,16). The molecule has 1 atom stereocenters. The van der Waals surface area contributed by atoms with Crippen LogP contribution in [0, 0.1) is 5.92 Å². The molecule has 1 aliphatic rings. The van der Waals surface area contributed by atoms with Crippen molar-refractivity contribution in [1.29, 1.82) is 0 Å². The predicted octanol–water partition coefficient (Wildman–Crippen LogP) is -0.272. The molecule has 0 saturated carbocycles. The molecule has 1 heterocycles. The fourth-order valence-corrected chi connectivity index (χ4v) is 1.99. The van der Waals surface area contributed by atoms with Crippen LogP contribution in [0.3, 0.4) is 0 Å². The van der Waals surface area contributed by atoms with Crippen molar-refractivity contribution < 1.29 is 9.53 Å². The van der Waals surface area contributed by atoms with Crippen molar-refractivity contribution in [2.75, 3.05) is 46.4 Å². The highest BCUT2D eigenvalue weighted by molar-refractivity contribution is 5.75. The van der Waals surface area contributed by atoms with Gasteiger partial charge in [-0.2, -0.15) is 0 Å². The number of hydrogen-bond donors (Lipinski definition) is 3. The third kappa shape index (κ3) is 7.31. The van der Waals surface area contributed by atoms with Crippen molar-refractivity contribution >= 4 is 5.91 Å². The number of amides is 1. The SMILES string of the molecule is COCCNC(=O)CCNCC1CCCNC1. The molecule has 0 aliphatic carbocycles. The third-order valence-electron chi connectivity index (χ3n) is 2.99. The van der Waals surface area contributed by atoms with Crippen molar-refractivity contribution in [2.45, 2.75) is 19.3 Å². The molecule has 100 valence electrons. The van der Waals surface area contributed by atoms with Crippen molar-refractivity contribution in [3.05, 3.63) is 0 Å². The summed E-state index contributed by atoms with van der Waals surface area (Å²) in [4.78, 5) is 11.3. The average Bonchev–Trinajstić information content (AvgIpc) is 2.36. The Hall–Kier alpha value is -0.650. The molecule has 1 rings (SSSR count). The van der Waals surface area contributed by atoms with Crippen molar-refractivity contribution in [3.63, 3.8) is 0 Å². The van der Waals surface area contributed by atoms with E-state index in [0.717, 1.165) is 32.1 Å². The van der Waals surface area contributed by atoms with Crippen LogP contribution in [-0.2, 0) is 9.53 Å². The molecular weight excluding hydrogens is 218 g/mol. The maximum absolute atomic E-state index is 11.3. The lowest BCUT2D eigenvalue weighted by molar-refractivity contribution is -0.121. The predicted molar refractivity (Wildman–Crippen MR) is 68.0 cm³/mol. The topological polar surface area (TPSA) is 62.4 Å². The van der Waals surface area contributed by atoms with E-state index in [1.165, 1.54) is 12.8 Å². The van der Waals surface area contributed by atoms with E-state index in [2.05, 4.69) is 16.0 Å². The summed E-state index contributed by atoms with van der Waals surface area (Å²) >= 11 is 0. The zero-order chi connectivity index (χ0) is 12.3. The van der Waals surface area contributed by atoms with E-state index in [4.69, 9.17) is 4.74 Å². The van der Waals surface area contributed by atoms with Gasteiger partial charge in [-0.3, -0.25) is 4.79 Å². The monoisotopic (exact) mass is 243 g/mol. The summed E-state index contributed by atoms with van der Waals surface area (Å²) in [5.41, 5.74) is 0. The minimum absolute atomic E-state index is 0.0938. The summed E-state index contributed by atoms with van der Waals surface area (Å²) < 4.78 is 4.86. The lowest BCUT2D eigenvalue weighted by atomic mass is 10.00. The second-order valence-electron chi connectivity index (χ2n) is 4.51. The molecule has 17 heavy (non-hydrogen) atoms. The van der Waals surface area contributed by atoms with E-state index in [1.54, 1.807) is 7.11 Å². The number of nitrogens with one attached hydrogen (secondary N) is 3. The van der Waals surface area contributed by atoms with E-state index in [0.29, 0.717) is 19.6 Å². The van der Waals surface area contributed by atoms with Crippen LogP contribution in [0.4, 0.5) is 0 Å². The van der Waals surface area contributed by atoms with Crippen LogP contribution in [-0.4, -0.2) is 52.3 Å². The second-order valence-corrected chi connectivity index (χ2v) is 4.51. The maximum Gasteiger partial charge on any atom is 0.221 e. The smallest absolute Gasteiger partial charge is 0.221 e. The molecule has 1 unspecified atom stereocenters. The van der Waals surface area contributed by atoms with E-state index in [1.807, 2.05) is 0 Å². The highest BCUT2D eigenvalue weighted by Gasteiger charge is 2.11. The number of rotatable bonds is 8. The van der Waals surface area contributed by atoms with Gasteiger partial charge in [0.05, 0.1) is 6.61 Å². The lowest BCUT2D eigenvalue weighted by Crippen LogP contribution is -2.37. The first kappa shape index (κ1) is 14.4. The van der Waals surface area contributed by atoms with Gasteiger partial charge >= 0.3 is 0 Å². The minimum atomic E-state index is 0.0938. The summed E-state index contributed by atoms with van der Waals surface area (Å²) in [7, 11) is 1.63. The van der Waals surface area contributed by atoms with Gasteiger partial charge in [-0.05, 0) is 38.4 Å². The van der Waals surface area contributed by atoms with Crippen LogP contribution >= 0.6 is 0 Å². The van der Waals surface area contributed by atoms with E-state index < -0.39 is 0 Å². The number of carbonyl (C=O) groups excluding carboxylic acids is 1. The Morgan fingerprint density at radius 2 is 2.35 bits per heavy atom. The Balaban J connectivity index is 1.90. The zero-order valence-electron chi connectivity index (χ0n) is 10.8. The zero-order valence-corrected chi connectivity index (χ0v) is 10.8. The molecule has 0 spiro atoms. The lowest BCUT2D eigenvalue weighted by Gasteiger charge is -2.22. The summed E-state index contributed by atoms with van der Waals surface area (Å²) in [6.07, 6.45) is 3.10. The summed E-state index contributed by atoms with van der Waals surface area (Å²) in [6, 6.07) is 0. The van der Waals surface area contributed by atoms with Crippen LogP contribution in [0.5, 0.6) is 0 Å². The van der Waals surface area contributed by atoms with Gasteiger partial charge in [0.1, 0.15) is 0 Å². The van der Waals surface area contributed by atoms with E-state index >= 15 is 0 Å². The molecule has 1 amide bonds. The number of carbonyl (C=O) groups is 1. The van der Waals surface area contributed by atoms with Crippen molar-refractivity contribution in [3.8, 4) is 0 Å². The van der Waals surface area contributed by atoms with Crippen molar-refractivity contribution in [2.24, 2.45) is 5.92 Å². The Labute approximate surface area is 104 Å². The number of hydrogen-bond acceptors (Lipinski definition) is 4. The summed E-state index contributed by atoms with van der Waals surface area (Å²) in [6.45, 7) is 5.20. The van der Waals surface area contributed by atoms with Crippen molar-refractivity contribution in [1.82, 2.24) is 16.0 Å². The number of methoxy groups -OCH3 is 1. The molecule has 1 saturated heterocycles. The molecule has 1 aliphatic heterocycles. The van der Waals surface area contributed by atoms with Gasteiger partial charge in [0.25, 0.3) is 0 Å². The Bertz CT molecular complexity index is 206. The van der Waals surface area contributed by atoms with Gasteiger partial charge in [-0.15, -0.1) is 0 Å². The number of ether oxygens (including phenoxy) is 1. The fraction of sp³-hybridized carbons (Fsp3) is 0.917. The van der Waals surface area contributed by atoms with E-state index in [-0.39, 0.29) is 5.91 Å². The normalized spacial score (nSPS) is 20.2. The Kier molecular flexibility index (Phi) is 7.96. The largest absolute Gasteiger partial charge is 0.383 e. The van der Waals surface area contributed by atoms with Crippen LogP contribution in [0.2, 0.25) is 0 Å². The molecule has 1 fully saturated rings. The average molecular weight is 243 g/mol. The first-order valence-electron chi connectivity index (χ1n) is 6.50. The fourth-order valence-electron chi connectivity index (χ4n) is 1.99. The molecule has 0 aromatic carbocycles. The second kappa shape index (κ2) is 9.39. The summed E-state index contributed by atoms with van der Waals surface area (Å²) in [5.74, 6) is 0.816. The molecular formula is C12H25N3O2. The first-order valence-corrected chi connectivity index (χ1v) is 6.50. The van der Waals surface area contributed by atoms with Crippen LogP contribution in [0.25, 0.3) is 0 Å². The molecule has 0 aromatic heterocycles. The highest BCUT2D eigenvalue weighted by Crippen LogP contribution is 2.07. The molecule has 0 aromatic rings. The van der Waals surface area contributed by atoms with Crippen LogP contribution < -0.4 is 16.0 Å². The first-order chi connectivity index (χ1) is 8.33.